The van der Waals surface area contributed by atoms with Crippen molar-refractivity contribution in [3.05, 3.63) is 82.9 Å². The highest BCUT2D eigenvalue weighted by Gasteiger charge is 2.10. The number of nitriles is 1. The van der Waals surface area contributed by atoms with Crippen molar-refractivity contribution in [3.8, 4) is 6.07 Å². The zero-order valence-electron chi connectivity index (χ0n) is 12.2. The smallest absolute Gasteiger partial charge is 0.193 e. The van der Waals surface area contributed by atoms with Gasteiger partial charge in [-0.3, -0.25) is 9.69 Å². The van der Waals surface area contributed by atoms with E-state index < -0.39 is 0 Å². The van der Waals surface area contributed by atoms with Crippen LogP contribution in [0.1, 0.15) is 27.0 Å². The summed E-state index contributed by atoms with van der Waals surface area (Å²) < 4.78 is 0. The lowest BCUT2D eigenvalue weighted by atomic mass is 10.0. The van der Waals surface area contributed by atoms with Gasteiger partial charge in [0.15, 0.2) is 5.78 Å². The molecule has 108 valence electrons. The van der Waals surface area contributed by atoms with E-state index in [0.717, 1.165) is 19.6 Å². The summed E-state index contributed by atoms with van der Waals surface area (Å²) in [6.45, 7) is 2.89. The zero-order chi connectivity index (χ0) is 15.4. The van der Waals surface area contributed by atoms with Gasteiger partial charge < -0.3 is 0 Å². The molecule has 3 nitrogen and oxygen atoms in total. The summed E-state index contributed by atoms with van der Waals surface area (Å²) in [4.78, 5) is 14.7. The first-order chi connectivity index (χ1) is 10.8. The van der Waals surface area contributed by atoms with Crippen molar-refractivity contribution in [1.29, 1.82) is 5.26 Å². The molecule has 0 fully saturated rings. The second kappa shape index (κ2) is 6.38. The quantitative estimate of drug-likeness (QED) is 0.641. The van der Waals surface area contributed by atoms with Gasteiger partial charge in [0.05, 0.1) is 11.6 Å². The van der Waals surface area contributed by atoms with Crippen molar-refractivity contribution >= 4 is 5.78 Å². The first-order valence-corrected chi connectivity index (χ1v) is 7.27. The summed E-state index contributed by atoms with van der Waals surface area (Å²) in [7, 11) is 0. The van der Waals surface area contributed by atoms with Crippen molar-refractivity contribution in [3.63, 3.8) is 0 Å². The largest absolute Gasteiger partial charge is 0.292 e. The third kappa shape index (κ3) is 3.13. The summed E-state index contributed by atoms with van der Waals surface area (Å²) in [6.07, 6.45) is 4.34. The van der Waals surface area contributed by atoms with Crippen molar-refractivity contribution in [2.75, 3.05) is 13.1 Å². The lowest BCUT2D eigenvalue weighted by Gasteiger charge is -2.14. The Kier molecular flexibility index (Phi) is 4.13. The molecule has 0 amide bonds. The predicted molar refractivity (Wildman–Crippen MR) is 85.4 cm³/mol. The first kappa shape index (κ1) is 14.2. The summed E-state index contributed by atoms with van der Waals surface area (Å²) in [6, 6.07) is 16.6. The van der Waals surface area contributed by atoms with E-state index in [0.29, 0.717) is 16.7 Å². The topological polar surface area (TPSA) is 44.1 Å². The first-order valence-electron chi connectivity index (χ1n) is 7.27. The number of nitrogens with zero attached hydrogens (tertiary/aromatic N) is 2. The van der Waals surface area contributed by atoms with E-state index >= 15 is 0 Å². The van der Waals surface area contributed by atoms with Crippen LogP contribution in [0.4, 0.5) is 0 Å². The van der Waals surface area contributed by atoms with Crippen LogP contribution in [-0.2, 0) is 6.54 Å². The molecule has 3 heteroatoms. The van der Waals surface area contributed by atoms with Crippen LogP contribution in [0.15, 0.2) is 60.7 Å². The van der Waals surface area contributed by atoms with Crippen LogP contribution in [0, 0.1) is 11.3 Å². The molecule has 2 aromatic rings. The van der Waals surface area contributed by atoms with Crippen LogP contribution in [0.2, 0.25) is 0 Å². The highest BCUT2D eigenvalue weighted by molar-refractivity contribution is 6.09. The minimum absolute atomic E-state index is 0.0149. The fourth-order valence-electron chi connectivity index (χ4n) is 2.53. The molecule has 0 saturated heterocycles. The van der Waals surface area contributed by atoms with E-state index in [4.69, 9.17) is 5.26 Å². The van der Waals surface area contributed by atoms with E-state index in [1.54, 1.807) is 24.3 Å². The van der Waals surface area contributed by atoms with Crippen molar-refractivity contribution < 1.29 is 4.79 Å². The summed E-state index contributed by atoms with van der Waals surface area (Å²) in [5, 5.41) is 8.79. The molecular weight excluding hydrogens is 272 g/mol. The number of benzene rings is 2. The Labute approximate surface area is 130 Å². The maximum Gasteiger partial charge on any atom is 0.193 e. The van der Waals surface area contributed by atoms with Crippen LogP contribution in [-0.4, -0.2) is 23.8 Å². The van der Waals surface area contributed by atoms with Gasteiger partial charge in [-0.2, -0.15) is 5.26 Å². The molecule has 3 rings (SSSR count). The molecule has 0 unspecified atom stereocenters. The van der Waals surface area contributed by atoms with Gasteiger partial charge >= 0.3 is 0 Å². The van der Waals surface area contributed by atoms with Crippen molar-refractivity contribution in [1.82, 2.24) is 4.90 Å². The van der Waals surface area contributed by atoms with Crippen LogP contribution >= 0.6 is 0 Å². The number of carbonyl (C=O) groups excluding carboxylic acids is 1. The predicted octanol–water partition coefficient (Wildman–Crippen LogP) is 3.16. The lowest BCUT2D eigenvalue weighted by molar-refractivity contribution is 0.103. The third-order valence-corrected chi connectivity index (χ3v) is 3.79. The van der Waals surface area contributed by atoms with Crippen molar-refractivity contribution in [2.45, 2.75) is 6.54 Å². The highest BCUT2D eigenvalue weighted by Crippen LogP contribution is 2.14. The monoisotopic (exact) mass is 288 g/mol. The number of carbonyl (C=O) groups is 1. The molecular formula is C19H16N2O. The Morgan fingerprint density at radius 1 is 0.955 bits per heavy atom. The molecule has 22 heavy (non-hydrogen) atoms. The SMILES string of the molecule is N#Cc1ccc(C(=O)c2ccc(CN3CC=CC3)cc2)cc1. The maximum absolute atomic E-state index is 12.4. The fraction of sp³-hybridized carbons (Fsp3) is 0.158. The molecule has 0 radical (unpaired) electrons. The van der Waals surface area contributed by atoms with Gasteiger partial charge in [-0.05, 0) is 29.8 Å². The molecule has 2 aromatic carbocycles. The molecule has 0 aromatic heterocycles. The fourth-order valence-corrected chi connectivity index (χ4v) is 2.53. The summed E-state index contributed by atoms with van der Waals surface area (Å²) >= 11 is 0. The lowest BCUT2D eigenvalue weighted by Crippen LogP contribution is -2.19. The Balaban J connectivity index is 1.71. The Morgan fingerprint density at radius 2 is 1.50 bits per heavy atom. The van der Waals surface area contributed by atoms with Crippen LogP contribution < -0.4 is 0 Å². The average Bonchev–Trinajstić information content (AvgIpc) is 3.08. The van der Waals surface area contributed by atoms with E-state index in [1.807, 2.05) is 24.3 Å². The Hall–Kier alpha value is -2.70. The van der Waals surface area contributed by atoms with E-state index in [2.05, 4.69) is 23.1 Å². The minimum atomic E-state index is -0.0149. The number of rotatable bonds is 4. The highest BCUT2D eigenvalue weighted by atomic mass is 16.1. The van der Waals surface area contributed by atoms with E-state index in [-0.39, 0.29) is 5.78 Å². The second-order valence-electron chi connectivity index (χ2n) is 5.38. The molecule has 0 spiro atoms. The standard InChI is InChI=1S/C19H16N2O/c20-13-15-3-7-17(8-4-15)19(22)18-9-5-16(6-10-18)14-21-11-1-2-12-21/h1-10H,11-12,14H2. The van der Waals surface area contributed by atoms with Gasteiger partial charge in [0.25, 0.3) is 0 Å². The van der Waals surface area contributed by atoms with Crippen LogP contribution in [0.5, 0.6) is 0 Å². The van der Waals surface area contributed by atoms with Gasteiger partial charge in [0, 0.05) is 30.8 Å². The molecule has 1 heterocycles. The van der Waals surface area contributed by atoms with E-state index in [1.165, 1.54) is 5.56 Å². The summed E-state index contributed by atoms with van der Waals surface area (Å²) in [5.41, 5.74) is 3.05. The molecule has 0 N–H and O–H groups in total. The number of hydrogen-bond acceptors (Lipinski definition) is 3. The van der Waals surface area contributed by atoms with Gasteiger partial charge in [-0.1, -0.05) is 36.4 Å². The van der Waals surface area contributed by atoms with Crippen LogP contribution in [0.25, 0.3) is 0 Å². The molecule has 0 aliphatic carbocycles. The normalized spacial score (nSPS) is 14.0. The van der Waals surface area contributed by atoms with Gasteiger partial charge in [0.2, 0.25) is 0 Å². The van der Waals surface area contributed by atoms with Gasteiger partial charge in [-0.15, -0.1) is 0 Å². The third-order valence-electron chi connectivity index (χ3n) is 3.79. The molecule has 1 aliphatic heterocycles. The van der Waals surface area contributed by atoms with Gasteiger partial charge in [-0.25, -0.2) is 0 Å². The molecule has 0 saturated carbocycles. The minimum Gasteiger partial charge on any atom is -0.292 e. The van der Waals surface area contributed by atoms with Crippen LogP contribution in [0.3, 0.4) is 0 Å². The number of hydrogen-bond donors (Lipinski definition) is 0. The summed E-state index contributed by atoms with van der Waals surface area (Å²) in [5.74, 6) is -0.0149. The number of ketones is 1. The molecule has 0 bridgehead atoms. The van der Waals surface area contributed by atoms with Gasteiger partial charge in [0.1, 0.15) is 0 Å². The van der Waals surface area contributed by atoms with Crippen molar-refractivity contribution in [2.24, 2.45) is 0 Å². The molecule has 1 aliphatic rings. The average molecular weight is 288 g/mol. The Bertz CT molecular complexity index is 728. The Morgan fingerprint density at radius 3 is 2.05 bits per heavy atom. The van der Waals surface area contributed by atoms with E-state index in [9.17, 15) is 4.79 Å². The molecule has 0 atom stereocenters. The second-order valence-corrected chi connectivity index (χ2v) is 5.38. The maximum atomic E-state index is 12.4. The zero-order valence-corrected chi connectivity index (χ0v) is 12.2.